The second kappa shape index (κ2) is 15.0. The lowest BCUT2D eigenvalue weighted by molar-refractivity contribution is -0.156. The molecule has 0 saturated carbocycles. The molecule has 0 aromatic heterocycles. The molecular formula is C39H56O9Si. The van der Waals surface area contributed by atoms with E-state index in [4.69, 9.17) is 32.8 Å². The van der Waals surface area contributed by atoms with E-state index in [1.54, 1.807) is 27.0 Å². The summed E-state index contributed by atoms with van der Waals surface area (Å²) >= 11 is 0. The third kappa shape index (κ3) is 9.98. The molecule has 2 aliphatic rings. The summed E-state index contributed by atoms with van der Waals surface area (Å²) in [5.74, 6) is -1.33. The molecule has 4 rings (SSSR count). The van der Waals surface area contributed by atoms with Gasteiger partial charge in [0.25, 0.3) is 0 Å². The van der Waals surface area contributed by atoms with Crippen LogP contribution in [0.4, 0.5) is 0 Å². The van der Waals surface area contributed by atoms with E-state index >= 15 is 0 Å². The lowest BCUT2D eigenvalue weighted by atomic mass is 9.99. The normalized spacial score (nSPS) is 22.4. The number of benzene rings is 2. The predicted molar refractivity (Wildman–Crippen MR) is 193 cm³/mol. The molecule has 0 aliphatic carbocycles. The van der Waals surface area contributed by atoms with Crippen molar-refractivity contribution < 1.29 is 42.7 Å². The van der Waals surface area contributed by atoms with Crippen LogP contribution in [0.25, 0.3) is 6.08 Å². The highest BCUT2D eigenvalue weighted by molar-refractivity contribution is 6.74. The fourth-order valence-electron chi connectivity index (χ4n) is 5.63. The van der Waals surface area contributed by atoms with E-state index < -0.39 is 38.1 Å². The zero-order chi connectivity index (χ0) is 36.4. The summed E-state index contributed by atoms with van der Waals surface area (Å²) in [6.07, 6.45) is 7.14. The average molecular weight is 697 g/mol. The van der Waals surface area contributed by atoms with Crippen LogP contribution in [0.15, 0.2) is 54.6 Å². The van der Waals surface area contributed by atoms with Crippen molar-refractivity contribution in [2.24, 2.45) is 5.92 Å². The van der Waals surface area contributed by atoms with Crippen LogP contribution < -0.4 is 9.47 Å². The Morgan fingerprint density at radius 2 is 1.65 bits per heavy atom. The number of aromatic hydroxyl groups is 1. The van der Waals surface area contributed by atoms with Crippen molar-refractivity contribution in [2.45, 2.75) is 129 Å². The van der Waals surface area contributed by atoms with Gasteiger partial charge in [-0.1, -0.05) is 64.1 Å². The van der Waals surface area contributed by atoms with E-state index in [2.05, 4.69) is 59.9 Å². The highest BCUT2D eigenvalue weighted by Crippen LogP contribution is 2.40. The van der Waals surface area contributed by atoms with Crippen LogP contribution in [-0.4, -0.2) is 62.5 Å². The lowest BCUT2D eigenvalue weighted by Gasteiger charge is -2.39. The van der Waals surface area contributed by atoms with Crippen molar-refractivity contribution in [3.05, 3.63) is 71.3 Å². The maximum Gasteiger partial charge on any atom is 0.345 e. The Balaban J connectivity index is 1.58. The molecule has 2 aromatic carbocycles. The molecule has 2 aliphatic heterocycles. The van der Waals surface area contributed by atoms with Crippen LogP contribution in [0.1, 0.15) is 90.2 Å². The highest BCUT2D eigenvalue weighted by Gasteiger charge is 2.45. The Labute approximate surface area is 293 Å². The van der Waals surface area contributed by atoms with Gasteiger partial charge in [0.05, 0.1) is 19.8 Å². The highest BCUT2D eigenvalue weighted by atomic mass is 28.4. The number of phenolic OH excluding ortho intramolecular Hbond substituents is 1. The first kappa shape index (κ1) is 38.6. The van der Waals surface area contributed by atoms with Gasteiger partial charge in [0.2, 0.25) is 5.79 Å². The van der Waals surface area contributed by atoms with E-state index in [-0.39, 0.29) is 40.2 Å². The Bertz CT molecular complexity index is 1500. The Morgan fingerprint density at radius 1 is 0.980 bits per heavy atom. The van der Waals surface area contributed by atoms with Gasteiger partial charge in [0.1, 0.15) is 35.0 Å². The van der Waals surface area contributed by atoms with Crippen molar-refractivity contribution in [1.29, 1.82) is 0 Å². The van der Waals surface area contributed by atoms with Crippen LogP contribution in [0, 0.1) is 5.92 Å². The number of carbonyl (C=O) groups is 1. The molecule has 270 valence electrons. The second-order valence-electron chi connectivity index (χ2n) is 15.5. The lowest BCUT2D eigenvalue weighted by Crippen LogP contribution is -2.44. The number of phenols is 1. The minimum absolute atomic E-state index is 0.0126. The Morgan fingerprint density at radius 3 is 2.29 bits per heavy atom. The Hall–Kier alpha value is -3.15. The quantitative estimate of drug-likeness (QED) is 0.125. The van der Waals surface area contributed by atoms with Crippen LogP contribution >= 0.6 is 0 Å². The fourth-order valence-corrected chi connectivity index (χ4v) is 7.13. The van der Waals surface area contributed by atoms with Crippen LogP contribution in [0.3, 0.4) is 0 Å². The van der Waals surface area contributed by atoms with Gasteiger partial charge in [-0.15, -0.1) is 0 Å². The fraction of sp³-hybridized carbons (Fsp3) is 0.564. The number of hydrogen-bond acceptors (Lipinski definition) is 9. The standard InChI is InChI=1S/C39H56O9Si/c1-25(26(2)48-49(11,12)37(3,4)5)16-21-31(43-24-27-17-19-30(42-10)20-18-27)35-32(44-38(6,7)46-35)15-13-14-28-22-29(40)23-33-34(28)36(41)47-39(8,9)45-33/h13-14,16-23,25-26,31-32,35,40H,15,24H2,1-12H3/t25-,26+,31?,32+,35-/m1/s1. The monoisotopic (exact) mass is 696 g/mol. The van der Waals surface area contributed by atoms with Crippen molar-refractivity contribution in [3.63, 3.8) is 0 Å². The first-order chi connectivity index (χ1) is 22.7. The molecule has 9 nitrogen and oxygen atoms in total. The van der Waals surface area contributed by atoms with Gasteiger partial charge in [0, 0.05) is 26.0 Å². The van der Waals surface area contributed by atoms with E-state index in [0.29, 0.717) is 18.6 Å². The first-order valence-electron chi connectivity index (χ1n) is 17.1. The third-order valence-electron chi connectivity index (χ3n) is 9.46. The van der Waals surface area contributed by atoms with Crippen molar-refractivity contribution in [2.75, 3.05) is 7.11 Å². The van der Waals surface area contributed by atoms with Gasteiger partial charge in [-0.3, -0.25) is 0 Å². The van der Waals surface area contributed by atoms with E-state index in [0.717, 1.165) is 11.3 Å². The summed E-state index contributed by atoms with van der Waals surface area (Å²) in [7, 11) is -0.312. The zero-order valence-electron chi connectivity index (χ0n) is 31.3. The molecule has 1 N–H and O–H groups in total. The Kier molecular flexibility index (Phi) is 11.8. The minimum atomic E-state index is -1.96. The van der Waals surface area contributed by atoms with Gasteiger partial charge in [-0.2, -0.15) is 0 Å². The van der Waals surface area contributed by atoms with Crippen molar-refractivity contribution >= 4 is 20.4 Å². The number of methoxy groups -OCH3 is 1. The molecule has 5 atom stereocenters. The van der Waals surface area contributed by atoms with Gasteiger partial charge in [-0.25, -0.2) is 4.79 Å². The molecule has 0 amide bonds. The van der Waals surface area contributed by atoms with Gasteiger partial charge >= 0.3 is 5.97 Å². The van der Waals surface area contributed by atoms with E-state index in [1.807, 2.05) is 44.2 Å². The number of rotatable bonds is 13. The smallest absolute Gasteiger partial charge is 0.345 e. The maximum absolute atomic E-state index is 12.9. The summed E-state index contributed by atoms with van der Waals surface area (Å²) in [6.45, 7) is 23.0. The molecule has 2 heterocycles. The summed E-state index contributed by atoms with van der Waals surface area (Å²) < 4.78 is 42.8. The molecule has 10 heteroatoms. The summed E-state index contributed by atoms with van der Waals surface area (Å²) in [5, 5.41) is 10.5. The maximum atomic E-state index is 12.9. The molecule has 0 spiro atoms. The molecule has 1 saturated heterocycles. The van der Waals surface area contributed by atoms with E-state index in [1.165, 1.54) is 12.1 Å². The zero-order valence-corrected chi connectivity index (χ0v) is 32.3. The SMILES string of the molecule is COc1ccc(COC(C=C[C@@H](C)[C@H](C)O[Si](C)(C)C(C)(C)C)[C@H]2OC(C)(C)O[C@H]2CC=Cc2cc(O)cc3c2C(=O)OC(C)(C)O3)cc1. The predicted octanol–water partition coefficient (Wildman–Crippen LogP) is 8.80. The van der Waals surface area contributed by atoms with Crippen molar-refractivity contribution in [3.8, 4) is 17.2 Å². The average Bonchev–Trinajstić information content (AvgIpc) is 3.28. The van der Waals surface area contributed by atoms with Crippen molar-refractivity contribution in [1.82, 2.24) is 0 Å². The van der Waals surface area contributed by atoms with E-state index in [9.17, 15) is 9.90 Å². The number of carbonyl (C=O) groups excluding carboxylic acids is 1. The third-order valence-corrected chi connectivity index (χ3v) is 14.0. The summed E-state index contributed by atoms with van der Waals surface area (Å²) in [6, 6.07) is 10.7. The number of ether oxygens (including phenoxy) is 6. The van der Waals surface area contributed by atoms with Crippen LogP contribution in [0.5, 0.6) is 17.2 Å². The van der Waals surface area contributed by atoms with Gasteiger partial charge < -0.3 is 38.0 Å². The summed E-state index contributed by atoms with van der Waals surface area (Å²) in [5.41, 5.74) is 1.75. The van der Waals surface area contributed by atoms with Crippen LogP contribution in [0.2, 0.25) is 18.1 Å². The molecule has 49 heavy (non-hydrogen) atoms. The van der Waals surface area contributed by atoms with Gasteiger partial charge in [-0.05, 0) is 80.6 Å². The summed E-state index contributed by atoms with van der Waals surface area (Å²) in [4.78, 5) is 12.9. The molecule has 0 radical (unpaired) electrons. The molecule has 2 aromatic rings. The largest absolute Gasteiger partial charge is 0.508 e. The molecule has 0 bridgehead atoms. The first-order valence-corrected chi connectivity index (χ1v) is 20.0. The second-order valence-corrected chi connectivity index (χ2v) is 20.3. The topological polar surface area (TPSA) is 102 Å². The van der Waals surface area contributed by atoms with Gasteiger partial charge in [0.15, 0.2) is 14.1 Å². The number of esters is 1. The molecule has 1 unspecified atom stereocenters. The number of cyclic esters (lactones) is 1. The number of hydrogen-bond donors (Lipinski definition) is 1. The van der Waals surface area contributed by atoms with Crippen LogP contribution in [-0.2, 0) is 30.0 Å². The molecule has 1 fully saturated rings. The minimum Gasteiger partial charge on any atom is -0.508 e. The molecular weight excluding hydrogens is 641 g/mol. The number of fused-ring (bicyclic) bond motifs is 1.